The summed E-state index contributed by atoms with van der Waals surface area (Å²) >= 11 is 0. The SMILES string of the molecule is CN[C@@H](C)C(=O)Nc1ncc(-c2ccc3nonc3c2)n(Cc2cncc(-n3cc(C)c4cc(F)ccc43)c2)c1=O. The fourth-order valence-electron chi connectivity index (χ4n) is 4.71. The quantitative estimate of drug-likeness (QED) is 0.305. The Balaban J connectivity index is 1.44. The minimum absolute atomic E-state index is 0.0943. The van der Waals surface area contributed by atoms with Crippen molar-refractivity contribution in [3.63, 3.8) is 0 Å². The lowest BCUT2D eigenvalue weighted by molar-refractivity contribution is -0.117. The van der Waals surface area contributed by atoms with Crippen molar-refractivity contribution >= 4 is 33.7 Å². The Morgan fingerprint density at radius 3 is 2.73 bits per heavy atom. The third kappa shape index (κ3) is 4.85. The lowest BCUT2D eigenvalue weighted by Crippen LogP contribution is -2.38. The lowest BCUT2D eigenvalue weighted by atomic mass is 10.1. The molecule has 0 fully saturated rings. The van der Waals surface area contributed by atoms with Gasteiger partial charge in [0.25, 0.3) is 5.56 Å². The molecule has 6 aromatic rings. The first-order valence-corrected chi connectivity index (χ1v) is 12.8. The number of likely N-dealkylation sites (N-methyl/N-ethyl adjacent to an activating group) is 1. The topological polar surface area (TPSA) is 133 Å². The Morgan fingerprint density at radius 2 is 1.90 bits per heavy atom. The molecule has 0 saturated carbocycles. The van der Waals surface area contributed by atoms with Crippen molar-refractivity contribution in [1.82, 2.24) is 34.7 Å². The summed E-state index contributed by atoms with van der Waals surface area (Å²) < 4.78 is 22.2. The van der Waals surface area contributed by atoms with E-state index in [-0.39, 0.29) is 24.1 Å². The summed E-state index contributed by atoms with van der Waals surface area (Å²) in [4.78, 5) is 35.0. The number of nitrogens with one attached hydrogen (secondary N) is 2. The molecule has 4 aromatic heterocycles. The van der Waals surface area contributed by atoms with E-state index in [0.29, 0.717) is 22.3 Å². The minimum atomic E-state index is -0.527. The van der Waals surface area contributed by atoms with Gasteiger partial charge in [-0.2, -0.15) is 0 Å². The first-order chi connectivity index (χ1) is 19.8. The lowest BCUT2D eigenvalue weighted by Gasteiger charge is -2.16. The molecular formula is C29H25FN8O3. The highest BCUT2D eigenvalue weighted by Crippen LogP contribution is 2.26. The van der Waals surface area contributed by atoms with Crippen LogP contribution in [0.15, 0.2) is 76.7 Å². The van der Waals surface area contributed by atoms with Gasteiger partial charge in [0.05, 0.1) is 41.9 Å². The van der Waals surface area contributed by atoms with E-state index in [9.17, 15) is 14.0 Å². The number of pyridine rings is 1. The maximum Gasteiger partial charge on any atom is 0.294 e. The molecule has 12 heteroatoms. The molecule has 11 nitrogen and oxygen atoms in total. The van der Waals surface area contributed by atoms with Crippen LogP contribution in [0, 0.1) is 12.7 Å². The van der Waals surface area contributed by atoms with E-state index >= 15 is 0 Å². The van der Waals surface area contributed by atoms with Crippen LogP contribution in [-0.4, -0.2) is 48.4 Å². The summed E-state index contributed by atoms with van der Waals surface area (Å²) in [7, 11) is 1.65. The van der Waals surface area contributed by atoms with Crippen LogP contribution in [0.5, 0.6) is 0 Å². The molecule has 1 atom stereocenters. The van der Waals surface area contributed by atoms with E-state index in [4.69, 9.17) is 4.63 Å². The Bertz CT molecular complexity index is 1990. The van der Waals surface area contributed by atoms with Gasteiger partial charge in [-0.3, -0.25) is 19.1 Å². The standard InChI is InChI=1S/C29H25FN8O3/c1-16-14-37(25-7-5-20(30)10-22(16)25)21-8-18(11-32-12-21)15-38-26(19-4-6-23-24(9-19)36-41-35-23)13-33-27(29(38)40)34-28(39)17(2)31-3/h4-14,17,31H,15H2,1-3H3,(H,33,34,39)/t17-/m0/s1. The highest BCUT2D eigenvalue weighted by Gasteiger charge is 2.18. The molecule has 0 aliphatic carbocycles. The van der Waals surface area contributed by atoms with E-state index in [1.54, 1.807) is 50.6 Å². The van der Waals surface area contributed by atoms with E-state index in [2.05, 4.69) is 30.9 Å². The summed E-state index contributed by atoms with van der Waals surface area (Å²) in [6.45, 7) is 3.73. The van der Waals surface area contributed by atoms with Crippen molar-refractivity contribution in [3.8, 4) is 16.9 Å². The highest BCUT2D eigenvalue weighted by molar-refractivity contribution is 5.93. The number of anilines is 1. The smallest absolute Gasteiger partial charge is 0.294 e. The number of fused-ring (bicyclic) bond motifs is 2. The van der Waals surface area contributed by atoms with Gasteiger partial charge in [-0.05, 0) is 78.7 Å². The third-order valence-electron chi connectivity index (χ3n) is 7.04. The summed E-state index contributed by atoms with van der Waals surface area (Å²) in [6.07, 6.45) is 6.83. The van der Waals surface area contributed by atoms with Gasteiger partial charge >= 0.3 is 0 Å². The summed E-state index contributed by atoms with van der Waals surface area (Å²) in [6, 6.07) is 11.3. The van der Waals surface area contributed by atoms with Crippen LogP contribution >= 0.6 is 0 Å². The molecule has 0 aliphatic rings. The van der Waals surface area contributed by atoms with Crippen LogP contribution in [0.2, 0.25) is 0 Å². The molecule has 2 aromatic carbocycles. The Hall–Kier alpha value is -5.23. The van der Waals surface area contributed by atoms with Crippen LogP contribution in [0.4, 0.5) is 10.2 Å². The van der Waals surface area contributed by atoms with Crippen molar-refractivity contribution in [2.75, 3.05) is 12.4 Å². The fourth-order valence-corrected chi connectivity index (χ4v) is 4.71. The van der Waals surface area contributed by atoms with Gasteiger partial charge in [0.1, 0.15) is 16.9 Å². The Kier molecular flexibility index (Phi) is 6.59. The van der Waals surface area contributed by atoms with Crippen LogP contribution < -0.4 is 16.2 Å². The largest absolute Gasteiger partial charge is 0.315 e. The van der Waals surface area contributed by atoms with Gasteiger partial charge in [-0.25, -0.2) is 14.0 Å². The molecule has 206 valence electrons. The van der Waals surface area contributed by atoms with E-state index < -0.39 is 11.6 Å². The number of carbonyl (C=O) groups is 1. The van der Waals surface area contributed by atoms with Crippen molar-refractivity contribution in [2.24, 2.45) is 0 Å². The van der Waals surface area contributed by atoms with Crippen LogP contribution in [0.3, 0.4) is 0 Å². The Labute approximate surface area is 232 Å². The van der Waals surface area contributed by atoms with Gasteiger partial charge in [-0.1, -0.05) is 6.07 Å². The number of halogens is 1. The number of aromatic nitrogens is 6. The number of benzene rings is 2. The van der Waals surface area contributed by atoms with Crippen molar-refractivity contribution in [1.29, 1.82) is 0 Å². The second-order valence-corrected chi connectivity index (χ2v) is 9.75. The first kappa shape index (κ1) is 26.0. The monoisotopic (exact) mass is 552 g/mol. The molecule has 4 heterocycles. The summed E-state index contributed by atoms with van der Waals surface area (Å²) in [5.74, 6) is -0.786. The van der Waals surface area contributed by atoms with E-state index in [0.717, 1.165) is 27.7 Å². The zero-order chi connectivity index (χ0) is 28.7. The number of hydrogen-bond acceptors (Lipinski definition) is 8. The second kappa shape index (κ2) is 10.4. The predicted octanol–water partition coefficient (Wildman–Crippen LogP) is 3.83. The van der Waals surface area contributed by atoms with E-state index in [1.807, 2.05) is 23.8 Å². The molecule has 0 bridgehead atoms. The minimum Gasteiger partial charge on any atom is -0.315 e. The van der Waals surface area contributed by atoms with Gasteiger partial charge in [-0.15, -0.1) is 0 Å². The van der Waals surface area contributed by atoms with Crippen LogP contribution in [0.1, 0.15) is 18.1 Å². The molecule has 0 spiro atoms. The Morgan fingerprint density at radius 1 is 1.07 bits per heavy atom. The molecule has 41 heavy (non-hydrogen) atoms. The molecule has 6 rings (SSSR count). The molecule has 0 saturated heterocycles. The number of amides is 1. The van der Waals surface area contributed by atoms with Gasteiger partial charge in [0.2, 0.25) is 5.91 Å². The zero-order valence-electron chi connectivity index (χ0n) is 22.4. The van der Waals surface area contributed by atoms with Gasteiger partial charge < -0.3 is 15.2 Å². The van der Waals surface area contributed by atoms with Gasteiger partial charge in [0.15, 0.2) is 5.82 Å². The summed E-state index contributed by atoms with van der Waals surface area (Å²) in [5.41, 5.74) is 5.02. The number of rotatable bonds is 7. The average Bonchev–Trinajstić information content (AvgIpc) is 3.58. The maximum atomic E-state index is 13.9. The first-order valence-electron chi connectivity index (χ1n) is 12.8. The van der Waals surface area contributed by atoms with Crippen LogP contribution in [0.25, 0.3) is 38.9 Å². The summed E-state index contributed by atoms with van der Waals surface area (Å²) in [5, 5.41) is 14.0. The molecular weight excluding hydrogens is 527 g/mol. The number of carbonyl (C=O) groups excluding carboxylic acids is 1. The molecule has 2 N–H and O–H groups in total. The second-order valence-electron chi connectivity index (χ2n) is 9.75. The van der Waals surface area contributed by atoms with Gasteiger partial charge in [0, 0.05) is 23.3 Å². The zero-order valence-corrected chi connectivity index (χ0v) is 22.4. The average molecular weight is 553 g/mol. The normalized spacial score (nSPS) is 12.2. The van der Waals surface area contributed by atoms with Crippen molar-refractivity contribution in [3.05, 3.63) is 94.5 Å². The maximum absolute atomic E-state index is 13.9. The van der Waals surface area contributed by atoms with Crippen LogP contribution in [-0.2, 0) is 11.3 Å². The van der Waals surface area contributed by atoms with E-state index in [1.165, 1.54) is 22.9 Å². The third-order valence-corrected chi connectivity index (χ3v) is 7.04. The number of nitrogens with zero attached hydrogens (tertiary/aromatic N) is 6. The van der Waals surface area contributed by atoms with Crippen molar-refractivity contribution < 1.29 is 13.8 Å². The number of aryl methyl sites for hydroxylation is 1. The molecule has 0 radical (unpaired) electrons. The fraction of sp³-hybridized carbons (Fsp3) is 0.172. The highest BCUT2D eigenvalue weighted by atomic mass is 19.1. The number of hydrogen-bond donors (Lipinski definition) is 2. The van der Waals surface area contributed by atoms with Crippen molar-refractivity contribution in [2.45, 2.75) is 26.4 Å². The predicted molar refractivity (Wildman–Crippen MR) is 151 cm³/mol. The molecule has 1 amide bonds. The molecule has 0 aliphatic heterocycles. The molecule has 0 unspecified atom stereocenters.